The lowest BCUT2D eigenvalue weighted by Gasteiger charge is -2.10. The Morgan fingerprint density at radius 2 is 2.05 bits per heavy atom. The van der Waals surface area contributed by atoms with Crippen molar-refractivity contribution in [1.29, 1.82) is 0 Å². The van der Waals surface area contributed by atoms with Crippen LogP contribution in [0.1, 0.15) is 24.8 Å². The minimum atomic E-state index is -4.57. The molecule has 0 radical (unpaired) electrons. The van der Waals surface area contributed by atoms with Crippen LogP contribution in [0, 0.1) is 16.0 Å². The highest BCUT2D eigenvalue weighted by Crippen LogP contribution is 2.36. The van der Waals surface area contributed by atoms with Crippen molar-refractivity contribution in [1.82, 2.24) is 0 Å². The van der Waals surface area contributed by atoms with Gasteiger partial charge < -0.3 is 5.32 Å². The number of alkyl halides is 3. The second-order valence-corrected chi connectivity index (χ2v) is 4.65. The number of halogens is 3. The van der Waals surface area contributed by atoms with E-state index >= 15 is 0 Å². The summed E-state index contributed by atoms with van der Waals surface area (Å²) in [5.74, 6) is 0.654. The Morgan fingerprint density at radius 1 is 1.37 bits per heavy atom. The molecule has 1 aliphatic carbocycles. The number of nitro benzene ring substituents is 1. The molecule has 1 saturated carbocycles. The topological polar surface area (TPSA) is 55.2 Å². The van der Waals surface area contributed by atoms with Gasteiger partial charge >= 0.3 is 6.18 Å². The van der Waals surface area contributed by atoms with Gasteiger partial charge in [-0.1, -0.05) is 12.8 Å². The summed E-state index contributed by atoms with van der Waals surface area (Å²) in [5.41, 5.74) is -1.41. The zero-order valence-corrected chi connectivity index (χ0v) is 10.0. The minimum Gasteiger partial charge on any atom is -0.379 e. The summed E-state index contributed by atoms with van der Waals surface area (Å²) in [5, 5.41) is 13.6. The van der Waals surface area contributed by atoms with Crippen molar-refractivity contribution >= 4 is 11.4 Å². The molecule has 0 unspecified atom stereocenters. The molecular formula is C12H13F3N2O2. The van der Waals surface area contributed by atoms with Crippen molar-refractivity contribution in [3.05, 3.63) is 33.9 Å². The Bertz CT molecular complexity index is 484. The molecule has 0 heterocycles. The van der Waals surface area contributed by atoms with E-state index in [1.165, 1.54) is 0 Å². The molecule has 0 bridgehead atoms. The van der Waals surface area contributed by atoms with Gasteiger partial charge in [0, 0.05) is 12.6 Å². The molecule has 0 aromatic heterocycles. The summed E-state index contributed by atoms with van der Waals surface area (Å²) < 4.78 is 37.5. The third kappa shape index (κ3) is 3.59. The van der Waals surface area contributed by atoms with Gasteiger partial charge in [0.25, 0.3) is 5.69 Å². The summed E-state index contributed by atoms with van der Waals surface area (Å²) in [6.07, 6.45) is -1.36. The zero-order valence-electron chi connectivity index (χ0n) is 10.0. The summed E-state index contributed by atoms with van der Waals surface area (Å²) in [6.45, 7) is 0.539. The third-order valence-electron chi connectivity index (χ3n) is 3.09. The average Bonchev–Trinajstić information content (AvgIpc) is 3.11. The van der Waals surface area contributed by atoms with Gasteiger partial charge in [-0.2, -0.15) is 13.2 Å². The molecule has 0 atom stereocenters. The molecule has 1 aromatic carbocycles. The number of hydrogen-bond donors (Lipinski definition) is 1. The predicted octanol–water partition coefficient (Wildman–Crippen LogP) is 3.83. The Balaban J connectivity index is 2.14. The second kappa shape index (κ2) is 5.07. The van der Waals surface area contributed by atoms with Crippen LogP contribution < -0.4 is 5.32 Å². The number of hydrogen-bond acceptors (Lipinski definition) is 3. The van der Waals surface area contributed by atoms with E-state index in [9.17, 15) is 23.3 Å². The Labute approximate surface area is 107 Å². The van der Waals surface area contributed by atoms with E-state index in [0.717, 1.165) is 31.4 Å². The number of benzene rings is 1. The fourth-order valence-electron chi connectivity index (χ4n) is 1.83. The molecular weight excluding hydrogens is 261 g/mol. The molecule has 2 rings (SSSR count). The highest BCUT2D eigenvalue weighted by Gasteiger charge is 2.33. The van der Waals surface area contributed by atoms with Crippen LogP contribution in [0.2, 0.25) is 0 Å². The van der Waals surface area contributed by atoms with Crippen LogP contribution in [-0.4, -0.2) is 11.5 Å². The van der Waals surface area contributed by atoms with Crippen LogP contribution in [0.5, 0.6) is 0 Å². The lowest BCUT2D eigenvalue weighted by atomic mass is 10.1. The van der Waals surface area contributed by atoms with Crippen molar-refractivity contribution in [3.8, 4) is 0 Å². The van der Waals surface area contributed by atoms with Crippen LogP contribution in [0.3, 0.4) is 0 Å². The first-order valence-electron chi connectivity index (χ1n) is 5.97. The molecule has 1 N–H and O–H groups in total. The van der Waals surface area contributed by atoms with E-state index in [2.05, 4.69) is 5.32 Å². The number of rotatable bonds is 5. The fraction of sp³-hybridized carbons (Fsp3) is 0.500. The molecule has 1 aliphatic rings. The van der Waals surface area contributed by atoms with Crippen LogP contribution in [0.4, 0.5) is 24.5 Å². The molecule has 4 nitrogen and oxygen atoms in total. The van der Waals surface area contributed by atoms with E-state index in [1.807, 2.05) is 0 Å². The van der Waals surface area contributed by atoms with E-state index in [4.69, 9.17) is 0 Å². The molecule has 19 heavy (non-hydrogen) atoms. The number of anilines is 1. The molecule has 1 aromatic rings. The van der Waals surface area contributed by atoms with Crippen LogP contribution in [0.25, 0.3) is 0 Å². The van der Waals surface area contributed by atoms with Crippen molar-refractivity contribution in [2.75, 3.05) is 11.9 Å². The Morgan fingerprint density at radius 3 is 2.58 bits per heavy atom. The average molecular weight is 274 g/mol. The van der Waals surface area contributed by atoms with Crippen molar-refractivity contribution in [2.45, 2.75) is 25.4 Å². The smallest absolute Gasteiger partial charge is 0.379 e. The van der Waals surface area contributed by atoms with Gasteiger partial charge in [0.15, 0.2) is 0 Å². The monoisotopic (exact) mass is 274 g/mol. The van der Waals surface area contributed by atoms with Crippen molar-refractivity contribution in [2.24, 2.45) is 5.92 Å². The molecule has 7 heteroatoms. The minimum absolute atomic E-state index is 0.138. The van der Waals surface area contributed by atoms with E-state index < -0.39 is 22.4 Å². The van der Waals surface area contributed by atoms with Gasteiger partial charge in [0.05, 0.1) is 10.5 Å². The van der Waals surface area contributed by atoms with Gasteiger partial charge in [0.2, 0.25) is 0 Å². The summed E-state index contributed by atoms with van der Waals surface area (Å²) in [4.78, 5) is 10.0. The first-order valence-corrected chi connectivity index (χ1v) is 5.97. The van der Waals surface area contributed by atoms with Crippen LogP contribution in [-0.2, 0) is 6.18 Å². The van der Waals surface area contributed by atoms with Crippen molar-refractivity contribution in [3.63, 3.8) is 0 Å². The molecule has 1 fully saturated rings. The first-order chi connectivity index (χ1) is 8.88. The van der Waals surface area contributed by atoms with Gasteiger partial charge in [-0.3, -0.25) is 10.1 Å². The summed E-state index contributed by atoms with van der Waals surface area (Å²) in [6, 6.07) is 2.54. The number of nitro groups is 1. The molecule has 0 aliphatic heterocycles. The predicted molar refractivity (Wildman–Crippen MR) is 63.9 cm³/mol. The highest BCUT2D eigenvalue weighted by molar-refractivity contribution is 5.62. The molecule has 104 valence electrons. The Kier molecular flexibility index (Phi) is 3.64. The first kappa shape index (κ1) is 13.6. The molecule has 0 spiro atoms. The second-order valence-electron chi connectivity index (χ2n) is 4.65. The van der Waals surface area contributed by atoms with Gasteiger partial charge in [-0.25, -0.2) is 0 Å². The quantitative estimate of drug-likeness (QED) is 0.655. The maximum atomic E-state index is 12.5. The summed E-state index contributed by atoms with van der Waals surface area (Å²) >= 11 is 0. The van der Waals surface area contributed by atoms with E-state index in [1.54, 1.807) is 0 Å². The maximum Gasteiger partial charge on any atom is 0.416 e. The standard InChI is InChI=1S/C12H13F3N2O2/c13-12(14,15)9-3-4-10(11(7-9)17(18)19)16-6-5-8-1-2-8/h3-4,7-8,16H,1-2,5-6H2. The summed E-state index contributed by atoms with van der Waals surface area (Å²) in [7, 11) is 0. The molecule has 0 saturated heterocycles. The normalized spacial score (nSPS) is 15.3. The molecule has 0 amide bonds. The lowest BCUT2D eigenvalue weighted by molar-refractivity contribution is -0.384. The highest BCUT2D eigenvalue weighted by atomic mass is 19.4. The Hall–Kier alpha value is -1.79. The van der Waals surface area contributed by atoms with Gasteiger partial charge in [-0.15, -0.1) is 0 Å². The number of nitrogens with one attached hydrogen (secondary N) is 1. The maximum absolute atomic E-state index is 12.5. The number of nitrogens with zero attached hydrogens (tertiary/aromatic N) is 1. The van der Waals surface area contributed by atoms with Gasteiger partial charge in [-0.05, 0) is 24.5 Å². The van der Waals surface area contributed by atoms with E-state index in [-0.39, 0.29) is 5.69 Å². The third-order valence-corrected chi connectivity index (χ3v) is 3.09. The SMILES string of the molecule is O=[N+]([O-])c1cc(C(F)(F)F)ccc1NCCC1CC1. The van der Waals surface area contributed by atoms with Crippen molar-refractivity contribution < 1.29 is 18.1 Å². The largest absolute Gasteiger partial charge is 0.416 e. The zero-order chi connectivity index (χ0) is 14.0. The van der Waals surface area contributed by atoms with E-state index in [0.29, 0.717) is 18.5 Å². The fourth-order valence-corrected chi connectivity index (χ4v) is 1.83. The lowest BCUT2D eigenvalue weighted by Crippen LogP contribution is -2.09. The van der Waals surface area contributed by atoms with Crippen LogP contribution >= 0.6 is 0 Å². The van der Waals surface area contributed by atoms with Crippen LogP contribution in [0.15, 0.2) is 18.2 Å². The van der Waals surface area contributed by atoms with Gasteiger partial charge in [0.1, 0.15) is 5.69 Å².